The van der Waals surface area contributed by atoms with E-state index in [1.165, 1.54) is 11.6 Å². The fraction of sp³-hybridized carbons (Fsp3) is 0.188. The molecular weight excluding hydrogens is 239 g/mol. The van der Waals surface area contributed by atoms with Crippen molar-refractivity contribution in [2.75, 3.05) is 0 Å². The Morgan fingerprint density at radius 2 is 1.74 bits per heavy atom. The number of nitrogens with one attached hydrogen (secondary N) is 1. The van der Waals surface area contributed by atoms with Gasteiger partial charge in [-0.3, -0.25) is 0 Å². The van der Waals surface area contributed by atoms with Gasteiger partial charge in [0, 0.05) is 5.56 Å². The minimum Gasteiger partial charge on any atom is -0.338 e. The summed E-state index contributed by atoms with van der Waals surface area (Å²) in [6.45, 7) is 6.18. The Labute approximate surface area is 111 Å². The van der Waals surface area contributed by atoms with Crippen LogP contribution >= 0.6 is 0 Å². The molecule has 0 bridgehead atoms. The van der Waals surface area contributed by atoms with Crippen molar-refractivity contribution >= 4 is 11.0 Å². The van der Waals surface area contributed by atoms with E-state index in [-0.39, 0.29) is 5.82 Å². The van der Waals surface area contributed by atoms with Crippen LogP contribution in [0.5, 0.6) is 0 Å². The van der Waals surface area contributed by atoms with Gasteiger partial charge in [0.25, 0.3) is 0 Å². The summed E-state index contributed by atoms with van der Waals surface area (Å²) in [6, 6.07) is 9.20. The van der Waals surface area contributed by atoms with Gasteiger partial charge in [0.1, 0.15) is 11.3 Å². The van der Waals surface area contributed by atoms with Crippen LogP contribution < -0.4 is 0 Å². The van der Waals surface area contributed by atoms with Crippen LogP contribution in [0.25, 0.3) is 22.4 Å². The van der Waals surface area contributed by atoms with Crippen molar-refractivity contribution in [1.82, 2.24) is 9.97 Å². The van der Waals surface area contributed by atoms with Crippen LogP contribution in [0.15, 0.2) is 30.3 Å². The molecule has 1 N–H and O–H groups in total. The SMILES string of the molecule is Cc1cc(C)c(-c2nc3c(F)cccc3[nH]2)c(C)c1. The zero-order chi connectivity index (χ0) is 13.6. The lowest BCUT2D eigenvalue weighted by molar-refractivity contribution is 0.637. The summed E-state index contributed by atoms with van der Waals surface area (Å²) < 4.78 is 13.7. The minimum atomic E-state index is -0.289. The Hall–Kier alpha value is -2.16. The van der Waals surface area contributed by atoms with E-state index in [9.17, 15) is 4.39 Å². The van der Waals surface area contributed by atoms with Crippen LogP contribution in [-0.2, 0) is 0 Å². The van der Waals surface area contributed by atoms with E-state index in [1.807, 2.05) is 6.07 Å². The zero-order valence-electron chi connectivity index (χ0n) is 11.2. The lowest BCUT2D eigenvalue weighted by Gasteiger charge is -2.08. The number of imidazole rings is 1. The molecule has 0 unspecified atom stereocenters. The lowest BCUT2D eigenvalue weighted by Crippen LogP contribution is -1.91. The molecular formula is C16H15FN2. The van der Waals surface area contributed by atoms with Crippen molar-refractivity contribution < 1.29 is 4.39 Å². The first-order chi connectivity index (χ1) is 9.06. The number of hydrogen-bond acceptors (Lipinski definition) is 1. The van der Waals surface area contributed by atoms with Crippen molar-refractivity contribution in [3.05, 3.63) is 52.8 Å². The van der Waals surface area contributed by atoms with Gasteiger partial charge in [-0.1, -0.05) is 23.8 Å². The van der Waals surface area contributed by atoms with Gasteiger partial charge in [-0.05, 0) is 44.0 Å². The highest BCUT2D eigenvalue weighted by Gasteiger charge is 2.12. The molecule has 0 aliphatic carbocycles. The normalized spacial score (nSPS) is 11.2. The van der Waals surface area contributed by atoms with Crippen molar-refractivity contribution in [3.63, 3.8) is 0 Å². The second kappa shape index (κ2) is 4.19. The molecule has 3 heteroatoms. The van der Waals surface area contributed by atoms with Gasteiger partial charge in [-0.25, -0.2) is 9.37 Å². The van der Waals surface area contributed by atoms with Crippen LogP contribution in [0.2, 0.25) is 0 Å². The summed E-state index contributed by atoms with van der Waals surface area (Å²) in [6.07, 6.45) is 0. The number of halogens is 1. The van der Waals surface area contributed by atoms with Crippen molar-refractivity contribution in [2.45, 2.75) is 20.8 Å². The molecule has 3 rings (SSSR count). The predicted molar refractivity (Wildman–Crippen MR) is 75.7 cm³/mol. The zero-order valence-corrected chi connectivity index (χ0v) is 11.2. The molecule has 0 aliphatic heterocycles. The number of nitrogens with zero attached hydrogens (tertiary/aromatic N) is 1. The number of aromatic amines is 1. The van der Waals surface area contributed by atoms with E-state index in [0.29, 0.717) is 5.52 Å². The number of aromatic nitrogens is 2. The molecule has 0 saturated heterocycles. The molecule has 0 fully saturated rings. The van der Waals surface area contributed by atoms with E-state index in [4.69, 9.17) is 0 Å². The molecule has 0 radical (unpaired) electrons. The van der Waals surface area contributed by atoms with E-state index >= 15 is 0 Å². The maximum atomic E-state index is 13.7. The maximum Gasteiger partial charge on any atom is 0.151 e. The van der Waals surface area contributed by atoms with Gasteiger partial charge in [-0.15, -0.1) is 0 Å². The van der Waals surface area contributed by atoms with Crippen LogP contribution in [-0.4, -0.2) is 9.97 Å². The fourth-order valence-corrected chi connectivity index (χ4v) is 2.67. The molecule has 0 amide bonds. The van der Waals surface area contributed by atoms with Crippen LogP contribution in [0, 0.1) is 26.6 Å². The number of para-hydroxylation sites is 1. The molecule has 1 heterocycles. The Morgan fingerprint density at radius 3 is 2.37 bits per heavy atom. The molecule has 2 aromatic carbocycles. The second-order valence-electron chi connectivity index (χ2n) is 5.00. The van der Waals surface area contributed by atoms with Gasteiger partial charge >= 0.3 is 0 Å². The topological polar surface area (TPSA) is 28.7 Å². The van der Waals surface area contributed by atoms with E-state index in [1.54, 1.807) is 6.07 Å². The van der Waals surface area contributed by atoms with Crippen LogP contribution in [0.3, 0.4) is 0 Å². The molecule has 0 saturated carbocycles. The molecule has 1 aromatic heterocycles. The third kappa shape index (κ3) is 1.91. The van der Waals surface area contributed by atoms with Crippen molar-refractivity contribution in [2.24, 2.45) is 0 Å². The number of benzene rings is 2. The van der Waals surface area contributed by atoms with Crippen LogP contribution in [0.4, 0.5) is 4.39 Å². The van der Waals surface area contributed by atoms with E-state index < -0.39 is 0 Å². The minimum absolute atomic E-state index is 0.289. The average molecular weight is 254 g/mol. The molecule has 2 nitrogen and oxygen atoms in total. The quantitative estimate of drug-likeness (QED) is 0.689. The van der Waals surface area contributed by atoms with Crippen molar-refractivity contribution in [1.29, 1.82) is 0 Å². The largest absolute Gasteiger partial charge is 0.338 e. The Bertz CT molecular complexity index is 749. The van der Waals surface area contributed by atoms with Gasteiger partial charge in [0.05, 0.1) is 5.52 Å². The fourth-order valence-electron chi connectivity index (χ4n) is 2.67. The molecule has 19 heavy (non-hydrogen) atoms. The summed E-state index contributed by atoms with van der Waals surface area (Å²) in [5.41, 5.74) is 5.71. The third-order valence-corrected chi connectivity index (χ3v) is 3.38. The first-order valence-corrected chi connectivity index (χ1v) is 6.28. The molecule has 3 aromatic rings. The smallest absolute Gasteiger partial charge is 0.151 e. The molecule has 0 spiro atoms. The number of rotatable bonds is 1. The standard InChI is InChI=1S/C16H15FN2/c1-9-7-10(2)14(11(3)8-9)16-18-13-6-4-5-12(17)15(13)19-16/h4-8H,1-3H3,(H,18,19). The summed E-state index contributed by atoms with van der Waals surface area (Å²) in [5.74, 6) is 0.442. The summed E-state index contributed by atoms with van der Waals surface area (Å²) in [5, 5.41) is 0. The summed E-state index contributed by atoms with van der Waals surface area (Å²) in [7, 11) is 0. The number of fused-ring (bicyclic) bond motifs is 1. The first-order valence-electron chi connectivity index (χ1n) is 6.28. The molecule has 0 atom stereocenters. The highest BCUT2D eigenvalue weighted by atomic mass is 19.1. The highest BCUT2D eigenvalue weighted by Crippen LogP contribution is 2.28. The third-order valence-electron chi connectivity index (χ3n) is 3.38. The van der Waals surface area contributed by atoms with Crippen molar-refractivity contribution in [3.8, 4) is 11.4 Å². The van der Waals surface area contributed by atoms with E-state index in [0.717, 1.165) is 28.0 Å². The monoisotopic (exact) mass is 254 g/mol. The summed E-state index contributed by atoms with van der Waals surface area (Å²) >= 11 is 0. The first kappa shape index (κ1) is 11.9. The number of H-pyrrole nitrogens is 1. The average Bonchev–Trinajstić information content (AvgIpc) is 2.72. The van der Waals surface area contributed by atoms with E-state index in [2.05, 4.69) is 42.9 Å². The molecule has 0 aliphatic rings. The van der Waals surface area contributed by atoms with Gasteiger partial charge in [0.15, 0.2) is 5.82 Å². The Morgan fingerprint density at radius 1 is 1.05 bits per heavy atom. The van der Waals surface area contributed by atoms with Gasteiger partial charge in [0.2, 0.25) is 0 Å². The number of aryl methyl sites for hydroxylation is 3. The second-order valence-corrected chi connectivity index (χ2v) is 5.00. The lowest BCUT2D eigenvalue weighted by atomic mass is 9.99. The van der Waals surface area contributed by atoms with Gasteiger partial charge in [-0.2, -0.15) is 0 Å². The Kier molecular flexibility index (Phi) is 2.63. The van der Waals surface area contributed by atoms with Crippen LogP contribution in [0.1, 0.15) is 16.7 Å². The Balaban J connectivity index is 2.28. The molecule has 96 valence electrons. The number of hydrogen-bond donors (Lipinski definition) is 1. The van der Waals surface area contributed by atoms with Gasteiger partial charge < -0.3 is 4.98 Å². The summed E-state index contributed by atoms with van der Waals surface area (Å²) in [4.78, 5) is 7.61. The maximum absolute atomic E-state index is 13.7. The highest BCUT2D eigenvalue weighted by molar-refractivity contribution is 5.81. The predicted octanol–water partition coefficient (Wildman–Crippen LogP) is 4.29.